The lowest BCUT2D eigenvalue weighted by Gasteiger charge is -2.35. The maximum Gasteiger partial charge on any atom is 0.225 e. The Kier molecular flexibility index (Phi) is 6.18. The summed E-state index contributed by atoms with van der Waals surface area (Å²) in [5, 5.41) is 2.67. The van der Waals surface area contributed by atoms with Gasteiger partial charge in [0.25, 0.3) is 0 Å². The van der Waals surface area contributed by atoms with Crippen molar-refractivity contribution in [1.29, 1.82) is 0 Å². The number of nitrogens with zero attached hydrogens (tertiary/aromatic N) is 1. The van der Waals surface area contributed by atoms with Gasteiger partial charge in [0, 0.05) is 19.0 Å². The highest BCUT2D eigenvalue weighted by atomic mass is 19.1. The summed E-state index contributed by atoms with van der Waals surface area (Å²) in [7, 11) is 0. The zero-order valence-corrected chi connectivity index (χ0v) is 14.5. The quantitative estimate of drug-likeness (QED) is 0.852. The molecule has 1 saturated heterocycles. The monoisotopic (exact) mass is 340 g/mol. The van der Waals surface area contributed by atoms with Crippen molar-refractivity contribution in [3.05, 3.63) is 66.0 Å². The predicted octanol–water partition coefficient (Wildman–Crippen LogP) is 4.25. The van der Waals surface area contributed by atoms with E-state index in [0.717, 1.165) is 19.5 Å². The first kappa shape index (κ1) is 17.6. The average Bonchev–Trinajstić information content (AvgIpc) is 2.64. The molecule has 0 aliphatic carbocycles. The molecule has 0 bridgehead atoms. The summed E-state index contributed by atoms with van der Waals surface area (Å²) in [4.78, 5) is 14.6. The maximum atomic E-state index is 13.6. The van der Waals surface area contributed by atoms with Crippen LogP contribution in [-0.4, -0.2) is 29.9 Å². The molecule has 3 rings (SSSR count). The number of nitrogens with one attached hydrogen (secondary N) is 1. The minimum atomic E-state index is -0.393. The molecule has 1 atom stereocenters. The van der Waals surface area contributed by atoms with Crippen LogP contribution >= 0.6 is 0 Å². The van der Waals surface area contributed by atoms with E-state index in [0.29, 0.717) is 12.5 Å². The molecule has 0 aromatic heterocycles. The molecule has 1 amide bonds. The smallest absolute Gasteiger partial charge is 0.225 e. The van der Waals surface area contributed by atoms with Crippen LogP contribution in [-0.2, 0) is 11.2 Å². The van der Waals surface area contributed by atoms with Crippen molar-refractivity contribution >= 4 is 11.6 Å². The second-order valence-electron chi connectivity index (χ2n) is 6.65. The van der Waals surface area contributed by atoms with Gasteiger partial charge < -0.3 is 5.32 Å². The van der Waals surface area contributed by atoms with E-state index >= 15 is 0 Å². The molecule has 3 nitrogen and oxygen atoms in total. The summed E-state index contributed by atoms with van der Waals surface area (Å²) >= 11 is 0. The van der Waals surface area contributed by atoms with Crippen molar-refractivity contribution < 1.29 is 9.18 Å². The normalized spacial score (nSPS) is 18.0. The number of hydrogen-bond donors (Lipinski definition) is 1. The lowest BCUT2D eigenvalue weighted by molar-refractivity contribution is -0.116. The van der Waals surface area contributed by atoms with Crippen molar-refractivity contribution in [3.63, 3.8) is 0 Å². The van der Waals surface area contributed by atoms with Crippen molar-refractivity contribution in [2.75, 3.05) is 18.4 Å². The van der Waals surface area contributed by atoms with E-state index in [4.69, 9.17) is 0 Å². The van der Waals surface area contributed by atoms with E-state index in [1.54, 1.807) is 18.2 Å². The Bertz CT molecular complexity index is 689. The standard InChI is InChI=1S/C21H25FN2O/c22-19-11-4-5-12-20(19)23-21(25)13-15-24-14-7-6-10-18(24)16-17-8-2-1-3-9-17/h1-5,8-9,11-12,18H,6-7,10,13-16H2,(H,23,25). The second-order valence-corrected chi connectivity index (χ2v) is 6.65. The first-order valence-electron chi connectivity index (χ1n) is 9.05. The van der Waals surface area contributed by atoms with Gasteiger partial charge in [-0.05, 0) is 43.5 Å². The highest BCUT2D eigenvalue weighted by molar-refractivity contribution is 5.90. The van der Waals surface area contributed by atoms with Crippen molar-refractivity contribution in [2.45, 2.75) is 38.1 Å². The molecule has 0 saturated carbocycles. The molecule has 1 aliphatic rings. The molecule has 1 fully saturated rings. The molecule has 0 radical (unpaired) electrons. The van der Waals surface area contributed by atoms with Crippen LogP contribution in [0, 0.1) is 5.82 Å². The largest absolute Gasteiger partial charge is 0.324 e. The number of carbonyl (C=O) groups is 1. The van der Waals surface area contributed by atoms with Crippen LogP contribution in [0.25, 0.3) is 0 Å². The van der Waals surface area contributed by atoms with E-state index < -0.39 is 5.82 Å². The summed E-state index contributed by atoms with van der Waals surface area (Å²) in [5.41, 5.74) is 1.60. The number of carbonyl (C=O) groups excluding carboxylic acids is 1. The molecule has 2 aromatic carbocycles. The molecule has 4 heteroatoms. The van der Waals surface area contributed by atoms with Gasteiger partial charge in [-0.25, -0.2) is 4.39 Å². The number of para-hydroxylation sites is 1. The first-order chi connectivity index (χ1) is 12.2. The second kappa shape index (κ2) is 8.77. The zero-order valence-electron chi connectivity index (χ0n) is 14.5. The number of hydrogen-bond acceptors (Lipinski definition) is 2. The van der Waals surface area contributed by atoms with Crippen molar-refractivity contribution in [3.8, 4) is 0 Å². The molecule has 132 valence electrons. The maximum absolute atomic E-state index is 13.6. The fourth-order valence-corrected chi connectivity index (χ4v) is 3.49. The number of benzene rings is 2. The molecular weight excluding hydrogens is 315 g/mol. The van der Waals surface area contributed by atoms with Gasteiger partial charge in [0.05, 0.1) is 5.69 Å². The van der Waals surface area contributed by atoms with Gasteiger partial charge in [-0.1, -0.05) is 48.9 Å². The Hall–Kier alpha value is -2.20. The SMILES string of the molecule is O=C(CCN1CCCCC1Cc1ccccc1)Nc1ccccc1F. The van der Waals surface area contributed by atoms with Gasteiger partial charge in [0.15, 0.2) is 0 Å². The van der Waals surface area contributed by atoms with Crippen LogP contribution < -0.4 is 5.32 Å². The Labute approximate surface area is 148 Å². The lowest BCUT2D eigenvalue weighted by atomic mass is 9.95. The Morgan fingerprint density at radius 3 is 2.64 bits per heavy atom. The molecule has 1 heterocycles. The van der Waals surface area contributed by atoms with Crippen LogP contribution in [0.5, 0.6) is 0 Å². The molecule has 25 heavy (non-hydrogen) atoms. The van der Waals surface area contributed by atoms with Gasteiger partial charge in [0.1, 0.15) is 5.82 Å². The van der Waals surface area contributed by atoms with Gasteiger partial charge in [-0.2, -0.15) is 0 Å². The molecule has 2 aromatic rings. The topological polar surface area (TPSA) is 32.3 Å². The fraction of sp³-hybridized carbons (Fsp3) is 0.381. The molecule has 1 N–H and O–H groups in total. The highest BCUT2D eigenvalue weighted by Gasteiger charge is 2.23. The summed E-state index contributed by atoms with van der Waals surface area (Å²) < 4.78 is 13.6. The zero-order chi connectivity index (χ0) is 17.5. The minimum Gasteiger partial charge on any atom is -0.324 e. The number of amides is 1. The van der Waals surface area contributed by atoms with E-state index in [9.17, 15) is 9.18 Å². The number of anilines is 1. The average molecular weight is 340 g/mol. The van der Waals surface area contributed by atoms with Crippen LogP contribution in [0.3, 0.4) is 0 Å². The van der Waals surface area contributed by atoms with E-state index in [-0.39, 0.29) is 11.6 Å². The summed E-state index contributed by atoms with van der Waals surface area (Å²) in [6.45, 7) is 1.75. The minimum absolute atomic E-state index is 0.130. The molecule has 1 unspecified atom stereocenters. The van der Waals surface area contributed by atoms with Crippen molar-refractivity contribution in [2.24, 2.45) is 0 Å². The Morgan fingerprint density at radius 1 is 1.08 bits per heavy atom. The number of piperidine rings is 1. The van der Waals surface area contributed by atoms with Gasteiger partial charge in [0.2, 0.25) is 5.91 Å². The van der Waals surface area contributed by atoms with Crippen LogP contribution in [0.15, 0.2) is 54.6 Å². The lowest BCUT2D eigenvalue weighted by Crippen LogP contribution is -2.42. The third-order valence-electron chi connectivity index (χ3n) is 4.84. The van der Waals surface area contributed by atoms with Crippen molar-refractivity contribution in [1.82, 2.24) is 4.90 Å². The Balaban J connectivity index is 1.53. The van der Waals surface area contributed by atoms with E-state index in [2.05, 4.69) is 34.5 Å². The van der Waals surface area contributed by atoms with E-state index in [1.165, 1.54) is 30.9 Å². The fourth-order valence-electron chi connectivity index (χ4n) is 3.49. The van der Waals surface area contributed by atoms with Gasteiger partial charge in [-0.15, -0.1) is 0 Å². The van der Waals surface area contributed by atoms with Gasteiger partial charge in [-0.3, -0.25) is 9.69 Å². The summed E-state index contributed by atoms with van der Waals surface area (Å²) in [6.07, 6.45) is 5.01. The molecular formula is C21H25FN2O. The number of rotatable bonds is 6. The Morgan fingerprint density at radius 2 is 1.84 bits per heavy atom. The third kappa shape index (κ3) is 5.13. The summed E-state index contributed by atoms with van der Waals surface area (Å²) in [5.74, 6) is -0.523. The number of halogens is 1. The first-order valence-corrected chi connectivity index (χ1v) is 9.05. The number of likely N-dealkylation sites (tertiary alicyclic amines) is 1. The van der Waals surface area contributed by atoms with Crippen LogP contribution in [0.4, 0.5) is 10.1 Å². The van der Waals surface area contributed by atoms with Crippen LogP contribution in [0.1, 0.15) is 31.2 Å². The van der Waals surface area contributed by atoms with E-state index in [1.807, 2.05) is 6.07 Å². The van der Waals surface area contributed by atoms with Crippen LogP contribution in [0.2, 0.25) is 0 Å². The predicted molar refractivity (Wildman–Crippen MR) is 99.0 cm³/mol. The third-order valence-corrected chi connectivity index (χ3v) is 4.84. The highest BCUT2D eigenvalue weighted by Crippen LogP contribution is 2.21. The summed E-state index contributed by atoms with van der Waals surface area (Å²) in [6, 6.07) is 17.3. The molecule has 1 aliphatic heterocycles. The molecule has 0 spiro atoms. The van der Waals surface area contributed by atoms with Gasteiger partial charge >= 0.3 is 0 Å².